The van der Waals surface area contributed by atoms with Crippen LogP contribution in [-0.4, -0.2) is 31.6 Å². The number of hydrogen-bond acceptors (Lipinski definition) is 7. The number of nitrogens with two attached hydrogens (primary N) is 2. The normalized spacial score (nSPS) is 10.2. The molecule has 2 heterocycles. The molecule has 104 valence electrons. The molecule has 0 atom stereocenters. The van der Waals surface area contributed by atoms with E-state index in [0.29, 0.717) is 4.73 Å². The first-order chi connectivity index (χ1) is 9.38. The van der Waals surface area contributed by atoms with Gasteiger partial charge in [0.05, 0.1) is 0 Å². The Balaban J connectivity index is 2.35. The summed E-state index contributed by atoms with van der Waals surface area (Å²) < 4.78 is 0.638. The van der Waals surface area contributed by atoms with E-state index in [0.717, 1.165) is 12.4 Å². The molecule has 2 aromatic heterocycles. The Morgan fingerprint density at radius 2 is 2.00 bits per heavy atom. The highest BCUT2D eigenvalue weighted by Crippen LogP contribution is 2.07. The lowest BCUT2D eigenvalue weighted by Crippen LogP contribution is -2.30. The average Bonchev–Trinajstić information content (AvgIpc) is 2.69. The highest BCUT2D eigenvalue weighted by Gasteiger charge is 2.19. The van der Waals surface area contributed by atoms with Crippen LogP contribution in [0.2, 0.25) is 0 Å². The van der Waals surface area contributed by atoms with Gasteiger partial charge in [-0.2, -0.15) is 4.73 Å². The number of nitrogen functional groups attached to an aromatic ring is 1. The van der Waals surface area contributed by atoms with Gasteiger partial charge in [-0.1, -0.05) is 0 Å². The lowest BCUT2D eigenvalue weighted by Gasteiger charge is -2.05. The standard InChI is InChI=1S/C9H8N6O5/c10-6-5(7(11)17)15(2-12-6)20-8(18)3-1-4(16)14-9(19)13-3/h1-2H,10H2,(H2,11,17)(H2,13,14,16,19). The number of aromatic nitrogens is 4. The molecule has 11 nitrogen and oxygen atoms in total. The lowest BCUT2D eigenvalue weighted by molar-refractivity contribution is 0.0439. The number of imidazole rings is 1. The van der Waals surface area contributed by atoms with Crippen molar-refractivity contribution in [3.05, 3.63) is 44.6 Å². The van der Waals surface area contributed by atoms with Crippen LogP contribution in [0, 0.1) is 0 Å². The molecule has 0 saturated heterocycles. The van der Waals surface area contributed by atoms with Crippen LogP contribution in [0.25, 0.3) is 0 Å². The van der Waals surface area contributed by atoms with E-state index in [1.807, 2.05) is 4.98 Å². The zero-order chi connectivity index (χ0) is 14.9. The van der Waals surface area contributed by atoms with Gasteiger partial charge >= 0.3 is 11.7 Å². The molecule has 0 radical (unpaired) electrons. The maximum absolute atomic E-state index is 11.7. The van der Waals surface area contributed by atoms with Crippen molar-refractivity contribution in [2.45, 2.75) is 0 Å². The molecule has 0 aromatic carbocycles. The molecule has 11 heteroatoms. The first kappa shape index (κ1) is 13.1. The molecule has 0 bridgehead atoms. The summed E-state index contributed by atoms with van der Waals surface area (Å²) in [6, 6.07) is 0.813. The number of rotatable bonds is 3. The largest absolute Gasteiger partial charge is 0.382 e. The molecule has 1 amide bonds. The molecule has 0 aliphatic heterocycles. The van der Waals surface area contributed by atoms with E-state index in [1.54, 1.807) is 0 Å². The van der Waals surface area contributed by atoms with Gasteiger partial charge in [0.2, 0.25) is 0 Å². The van der Waals surface area contributed by atoms with Gasteiger partial charge in [-0.3, -0.25) is 14.6 Å². The summed E-state index contributed by atoms with van der Waals surface area (Å²) in [6.07, 6.45) is 0.943. The smallest absolute Gasteiger partial charge is 0.380 e. The molecule has 0 saturated carbocycles. The molecule has 2 aromatic rings. The number of primary amides is 1. The van der Waals surface area contributed by atoms with E-state index in [-0.39, 0.29) is 11.5 Å². The Hall–Kier alpha value is -3.37. The topological polar surface area (TPSA) is 179 Å². The highest BCUT2D eigenvalue weighted by molar-refractivity contribution is 5.95. The van der Waals surface area contributed by atoms with Crippen LogP contribution in [0.15, 0.2) is 22.0 Å². The quantitative estimate of drug-likeness (QED) is 0.468. The number of nitrogens with one attached hydrogen (secondary N) is 2. The van der Waals surface area contributed by atoms with E-state index in [2.05, 4.69) is 9.97 Å². The Morgan fingerprint density at radius 1 is 1.30 bits per heavy atom. The van der Waals surface area contributed by atoms with Crippen molar-refractivity contribution in [1.82, 2.24) is 19.7 Å². The molecule has 2 rings (SSSR count). The SMILES string of the molecule is NC(=O)c1c(N)ncn1OC(=O)c1cc(=O)[nH]c(=O)[nH]1. The third kappa shape index (κ3) is 2.40. The third-order valence-electron chi connectivity index (χ3n) is 2.16. The lowest BCUT2D eigenvalue weighted by atomic mass is 10.4. The summed E-state index contributed by atoms with van der Waals surface area (Å²) in [7, 11) is 0. The van der Waals surface area contributed by atoms with Gasteiger partial charge in [0.15, 0.2) is 11.5 Å². The van der Waals surface area contributed by atoms with Crippen molar-refractivity contribution >= 4 is 17.7 Å². The van der Waals surface area contributed by atoms with E-state index in [9.17, 15) is 19.2 Å². The minimum Gasteiger partial charge on any atom is -0.382 e. The van der Waals surface area contributed by atoms with Gasteiger partial charge in [0.1, 0.15) is 12.0 Å². The average molecular weight is 280 g/mol. The number of anilines is 1. The number of amides is 1. The minimum atomic E-state index is -1.10. The van der Waals surface area contributed by atoms with Crippen LogP contribution in [0.3, 0.4) is 0 Å². The predicted molar refractivity (Wildman–Crippen MR) is 63.8 cm³/mol. The molecule has 20 heavy (non-hydrogen) atoms. The summed E-state index contributed by atoms with van der Waals surface area (Å²) >= 11 is 0. The summed E-state index contributed by atoms with van der Waals surface area (Å²) in [4.78, 5) is 57.1. The van der Waals surface area contributed by atoms with Gasteiger partial charge in [0, 0.05) is 6.07 Å². The van der Waals surface area contributed by atoms with Crippen LogP contribution in [0.4, 0.5) is 5.82 Å². The van der Waals surface area contributed by atoms with Crippen LogP contribution >= 0.6 is 0 Å². The number of nitrogens with zero attached hydrogens (tertiary/aromatic N) is 2. The second kappa shape index (κ2) is 4.72. The predicted octanol–water partition coefficient (Wildman–Crippen LogP) is -2.79. The molecule has 0 spiro atoms. The number of aromatic amines is 2. The van der Waals surface area contributed by atoms with Crippen LogP contribution in [0.1, 0.15) is 21.0 Å². The van der Waals surface area contributed by atoms with Crippen LogP contribution in [0.5, 0.6) is 0 Å². The van der Waals surface area contributed by atoms with Crippen LogP contribution < -0.4 is 27.6 Å². The molecule has 0 fully saturated rings. The van der Waals surface area contributed by atoms with Crippen molar-refractivity contribution in [3.8, 4) is 0 Å². The molecular formula is C9H8N6O5. The zero-order valence-corrected chi connectivity index (χ0v) is 9.75. The fourth-order valence-electron chi connectivity index (χ4n) is 1.37. The Bertz CT molecular complexity index is 771. The Morgan fingerprint density at radius 3 is 2.60 bits per heavy atom. The Labute approximate surface area is 109 Å². The number of carbonyl (C=O) groups is 2. The summed E-state index contributed by atoms with van der Waals surface area (Å²) in [6.45, 7) is 0. The Kier molecular flexibility index (Phi) is 3.08. The van der Waals surface area contributed by atoms with Crippen LogP contribution in [-0.2, 0) is 0 Å². The first-order valence-corrected chi connectivity index (χ1v) is 5.07. The van der Waals surface area contributed by atoms with E-state index < -0.39 is 28.8 Å². The fourth-order valence-corrected chi connectivity index (χ4v) is 1.37. The molecule has 6 N–H and O–H groups in total. The summed E-state index contributed by atoms with van der Waals surface area (Å²) in [5.41, 5.74) is 7.97. The fraction of sp³-hybridized carbons (Fsp3) is 0. The van der Waals surface area contributed by atoms with E-state index in [4.69, 9.17) is 16.3 Å². The maximum atomic E-state index is 11.7. The minimum absolute atomic E-state index is 0.232. The van der Waals surface area contributed by atoms with E-state index >= 15 is 0 Å². The van der Waals surface area contributed by atoms with Crippen molar-refractivity contribution in [1.29, 1.82) is 0 Å². The third-order valence-corrected chi connectivity index (χ3v) is 2.16. The van der Waals surface area contributed by atoms with Gasteiger partial charge < -0.3 is 21.3 Å². The molecular weight excluding hydrogens is 272 g/mol. The van der Waals surface area contributed by atoms with Crippen molar-refractivity contribution in [2.24, 2.45) is 5.73 Å². The summed E-state index contributed by atoms with van der Waals surface area (Å²) in [5.74, 6) is -2.30. The molecule has 0 aliphatic carbocycles. The van der Waals surface area contributed by atoms with Gasteiger partial charge in [-0.05, 0) is 0 Å². The number of carbonyl (C=O) groups excluding carboxylic acids is 2. The number of H-pyrrole nitrogens is 2. The first-order valence-electron chi connectivity index (χ1n) is 5.07. The van der Waals surface area contributed by atoms with Crippen molar-refractivity contribution < 1.29 is 14.4 Å². The molecule has 0 unspecified atom stereocenters. The monoisotopic (exact) mass is 280 g/mol. The molecule has 0 aliphatic rings. The maximum Gasteiger partial charge on any atom is 0.380 e. The summed E-state index contributed by atoms with van der Waals surface area (Å²) in [5, 5.41) is 0. The highest BCUT2D eigenvalue weighted by atomic mass is 16.7. The van der Waals surface area contributed by atoms with Gasteiger partial charge in [-0.25, -0.2) is 14.6 Å². The van der Waals surface area contributed by atoms with Crippen molar-refractivity contribution in [2.75, 3.05) is 5.73 Å². The van der Waals surface area contributed by atoms with Crippen molar-refractivity contribution in [3.63, 3.8) is 0 Å². The van der Waals surface area contributed by atoms with Gasteiger partial charge in [0.25, 0.3) is 11.5 Å². The van der Waals surface area contributed by atoms with Gasteiger partial charge in [-0.15, -0.1) is 0 Å². The zero-order valence-electron chi connectivity index (χ0n) is 9.75. The second-order valence-corrected chi connectivity index (χ2v) is 3.55. The second-order valence-electron chi connectivity index (χ2n) is 3.55. The number of hydrogen-bond donors (Lipinski definition) is 4. The van der Waals surface area contributed by atoms with E-state index in [1.165, 1.54) is 0 Å².